The minimum Gasteiger partial charge on any atom is -0.463 e. The monoisotopic (exact) mass is 378 g/mol. The largest absolute Gasteiger partial charge is 0.463 e. The van der Waals surface area contributed by atoms with Gasteiger partial charge in [0.05, 0.1) is 18.8 Å². The Labute approximate surface area is 158 Å². The van der Waals surface area contributed by atoms with Crippen LogP contribution in [-0.2, 0) is 35.1 Å². The van der Waals surface area contributed by atoms with E-state index in [0.717, 1.165) is 5.56 Å². The third-order valence-corrected chi connectivity index (χ3v) is 4.52. The summed E-state index contributed by atoms with van der Waals surface area (Å²) >= 11 is 0. The Balaban J connectivity index is 1.75. The van der Waals surface area contributed by atoms with Gasteiger partial charge in [0, 0.05) is 0 Å². The highest BCUT2D eigenvalue weighted by molar-refractivity contribution is 5.89. The number of carbonyl (C=O) groups excluding carboxylic acids is 1. The lowest BCUT2D eigenvalue weighted by Gasteiger charge is -2.29. The van der Waals surface area contributed by atoms with Crippen LogP contribution in [0.2, 0.25) is 0 Å². The summed E-state index contributed by atoms with van der Waals surface area (Å²) in [5.41, 5.74) is 0.881. The van der Waals surface area contributed by atoms with E-state index in [2.05, 4.69) is 6.58 Å². The Bertz CT molecular complexity index is 672. The van der Waals surface area contributed by atoms with Gasteiger partial charge in [-0.1, -0.05) is 36.9 Å². The molecule has 0 aromatic heterocycles. The lowest BCUT2D eigenvalue weighted by Crippen LogP contribution is -2.44. The summed E-state index contributed by atoms with van der Waals surface area (Å²) in [4.78, 5) is 11.9. The van der Waals surface area contributed by atoms with Crippen molar-refractivity contribution < 1.29 is 33.6 Å². The third-order valence-electron chi connectivity index (χ3n) is 4.52. The van der Waals surface area contributed by atoms with Gasteiger partial charge in [0.1, 0.15) is 24.4 Å². The molecule has 1 aromatic rings. The van der Waals surface area contributed by atoms with Crippen LogP contribution in [0.5, 0.6) is 0 Å². The SMILES string of the molecule is C=C(C(=O)OCC)[C@@H](O)[C@H]1O[C@@H]2OC(C)(C)O[C@@H]2[C@H]1OCc1ccccc1. The van der Waals surface area contributed by atoms with Gasteiger partial charge >= 0.3 is 5.97 Å². The first-order chi connectivity index (χ1) is 12.8. The molecule has 1 N–H and O–H groups in total. The molecule has 0 aliphatic carbocycles. The fraction of sp³-hybridized carbons (Fsp3) is 0.550. The van der Waals surface area contributed by atoms with Gasteiger partial charge < -0.3 is 28.8 Å². The summed E-state index contributed by atoms with van der Waals surface area (Å²) in [7, 11) is 0. The van der Waals surface area contributed by atoms with Gasteiger partial charge in [-0.3, -0.25) is 0 Å². The van der Waals surface area contributed by atoms with Crippen molar-refractivity contribution in [3.05, 3.63) is 48.0 Å². The summed E-state index contributed by atoms with van der Waals surface area (Å²) in [6, 6.07) is 9.63. The molecule has 2 aliphatic heterocycles. The van der Waals surface area contributed by atoms with E-state index < -0.39 is 42.5 Å². The Morgan fingerprint density at radius 3 is 2.67 bits per heavy atom. The minimum atomic E-state index is -1.30. The van der Waals surface area contributed by atoms with E-state index in [4.69, 9.17) is 23.7 Å². The van der Waals surface area contributed by atoms with E-state index in [0.29, 0.717) is 6.61 Å². The number of fused-ring (bicyclic) bond motifs is 1. The predicted octanol–water partition coefficient (Wildman–Crippen LogP) is 1.93. The smallest absolute Gasteiger partial charge is 0.336 e. The van der Waals surface area contributed by atoms with E-state index in [-0.39, 0.29) is 12.2 Å². The maximum absolute atomic E-state index is 11.9. The average Bonchev–Trinajstić information content (AvgIpc) is 3.11. The van der Waals surface area contributed by atoms with Crippen molar-refractivity contribution >= 4 is 5.97 Å². The van der Waals surface area contributed by atoms with Crippen LogP contribution in [0, 0.1) is 0 Å². The molecule has 0 amide bonds. The molecule has 2 aliphatic rings. The fourth-order valence-corrected chi connectivity index (χ4v) is 3.26. The Morgan fingerprint density at radius 1 is 1.30 bits per heavy atom. The van der Waals surface area contributed by atoms with Gasteiger partial charge in [0.2, 0.25) is 0 Å². The molecule has 1 aromatic carbocycles. The molecule has 0 unspecified atom stereocenters. The number of aliphatic hydroxyl groups is 1. The summed E-state index contributed by atoms with van der Waals surface area (Å²) in [6.45, 7) is 9.40. The lowest BCUT2D eigenvalue weighted by atomic mass is 10.00. The van der Waals surface area contributed by atoms with Crippen molar-refractivity contribution in [1.29, 1.82) is 0 Å². The lowest BCUT2D eigenvalue weighted by molar-refractivity contribution is -0.228. The quantitative estimate of drug-likeness (QED) is 0.573. The number of benzene rings is 1. The van der Waals surface area contributed by atoms with E-state index in [9.17, 15) is 9.90 Å². The zero-order valence-corrected chi connectivity index (χ0v) is 15.8. The van der Waals surface area contributed by atoms with Gasteiger partial charge in [-0.05, 0) is 26.3 Å². The second-order valence-corrected chi connectivity index (χ2v) is 7.02. The minimum absolute atomic E-state index is 0.0885. The van der Waals surface area contributed by atoms with E-state index >= 15 is 0 Å². The predicted molar refractivity (Wildman–Crippen MR) is 95.5 cm³/mol. The molecule has 148 valence electrons. The van der Waals surface area contributed by atoms with Gasteiger partial charge in [-0.15, -0.1) is 0 Å². The van der Waals surface area contributed by atoms with Crippen LogP contribution in [0.25, 0.3) is 0 Å². The van der Waals surface area contributed by atoms with Crippen LogP contribution >= 0.6 is 0 Å². The molecular formula is C20H26O7. The van der Waals surface area contributed by atoms with Crippen molar-refractivity contribution in [2.45, 2.75) is 63.9 Å². The molecule has 2 fully saturated rings. The second kappa shape index (κ2) is 8.08. The Kier molecular flexibility index (Phi) is 5.98. The van der Waals surface area contributed by atoms with Crippen LogP contribution in [0.1, 0.15) is 26.3 Å². The van der Waals surface area contributed by atoms with Crippen LogP contribution in [-0.4, -0.2) is 54.2 Å². The maximum Gasteiger partial charge on any atom is 0.336 e. The topological polar surface area (TPSA) is 83.5 Å². The van der Waals surface area contributed by atoms with Gasteiger partial charge in [0.25, 0.3) is 0 Å². The highest BCUT2D eigenvalue weighted by atomic mass is 16.8. The third kappa shape index (κ3) is 4.39. The van der Waals surface area contributed by atoms with Crippen molar-refractivity contribution in [2.75, 3.05) is 6.61 Å². The van der Waals surface area contributed by atoms with Crippen molar-refractivity contribution in [2.24, 2.45) is 0 Å². The number of hydrogen-bond donors (Lipinski definition) is 1. The van der Waals surface area contributed by atoms with Crippen LogP contribution in [0.15, 0.2) is 42.5 Å². The van der Waals surface area contributed by atoms with Crippen molar-refractivity contribution in [3.63, 3.8) is 0 Å². The molecule has 0 saturated carbocycles. The normalized spacial score (nSPS) is 29.9. The van der Waals surface area contributed by atoms with Crippen molar-refractivity contribution in [1.82, 2.24) is 0 Å². The van der Waals surface area contributed by atoms with Crippen molar-refractivity contribution in [3.8, 4) is 0 Å². The molecule has 7 heteroatoms. The zero-order valence-electron chi connectivity index (χ0n) is 15.8. The fourth-order valence-electron chi connectivity index (χ4n) is 3.26. The number of aliphatic hydroxyl groups excluding tert-OH is 1. The average molecular weight is 378 g/mol. The first-order valence-corrected chi connectivity index (χ1v) is 9.03. The van der Waals surface area contributed by atoms with E-state index in [1.54, 1.807) is 20.8 Å². The van der Waals surface area contributed by atoms with Crippen LogP contribution in [0.4, 0.5) is 0 Å². The van der Waals surface area contributed by atoms with E-state index in [1.165, 1.54) is 0 Å². The molecule has 0 spiro atoms. The first-order valence-electron chi connectivity index (χ1n) is 9.03. The molecule has 7 nitrogen and oxygen atoms in total. The van der Waals surface area contributed by atoms with Gasteiger partial charge in [-0.2, -0.15) is 0 Å². The number of hydrogen-bond acceptors (Lipinski definition) is 7. The van der Waals surface area contributed by atoms with Crippen LogP contribution in [0.3, 0.4) is 0 Å². The molecule has 5 atom stereocenters. The maximum atomic E-state index is 11.9. The molecule has 27 heavy (non-hydrogen) atoms. The zero-order chi connectivity index (χ0) is 19.6. The second-order valence-electron chi connectivity index (χ2n) is 7.02. The van der Waals surface area contributed by atoms with E-state index in [1.807, 2.05) is 30.3 Å². The molecule has 2 heterocycles. The summed E-state index contributed by atoms with van der Waals surface area (Å²) in [5.74, 6) is -1.49. The molecule has 0 bridgehead atoms. The summed E-state index contributed by atoms with van der Waals surface area (Å²) in [5, 5.41) is 10.7. The number of carbonyl (C=O) groups is 1. The first kappa shape index (κ1) is 20.0. The van der Waals surface area contributed by atoms with Crippen LogP contribution < -0.4 is 0 Å². The number of rotatable bonds is 7. The highest BCUT2D eigenvalue weighted by Gasteiger charge is 2.57. The Morgan fingerprint density at radius 2 is 2.00 bits per heavy atom. The summed E-state index contributed by atoms with van der Waals surface area (Å²) in [6.07, 6.45) is -4.03. The highest BCUT2D eigenvalue weighted by Crippen LogP contribution is 2.40. The van der Waals surface area contributed by atoms with Gasteiger partial charge in [-0.25, -0.2) is 4.79 Å². The molecule has 0 radical (unpaired) electrons. The summed E-state index contributed by atoms with van der Waals surface area (Å²) < 4.78 is 28.5. The molecule has 2 saturated heterocycles. The van der Waals surface area contributed by atoms with Gasteiger partial charge in [0.15, 0.2) is 12.1 Å². The molecular weight excluding hydrogens is 352 g/mol. The number of ether oxygens (including phenoxy) is 5. The molecule has 3 rings (SSSR count). The standard InChI is InChI=1S/C20H26O7/c1-5-23-18(22)12(2)14(21)15-16(24-11-13-9-7-6-8-10-13)17-19(25-15)27-20(3,4)26-17/h6-10,14-17,19,21H,2,5,11H2,1,3-4H3/t14-,15-,16+,17-,19-/m1/s1. The Hall–Kier alpha value is -1.77. The number of esters is 1.